The fraction of sp³-hybridized carbons (Fsp3) is 0.744. The molecule has 1 aromatic heterocycles. The molecule has 640 valence electrons. The molecular weight excluding hydrogens is 1450 g/mol. The number of unbranched alkanes of at least 4 members (excludes halogenated alkanes) is 2. The fourth-order valence-electron chi connectivity index (χ4n) is 17.5. The lowest BCUT2D eigenvalue weighted by Gasteiger charge is -2.41. The van der Waals surface area contributed by atoms with Gasteiger partial charge in [-0.05, 0) is 126 Å². The molecule has 0 bridgehead atoms. The predicted octanol–water partition coefficient (Wildman–Crippen LogP) is 13.6. The Morgan fingerprint density at radius 1 is 0.540 bits per heavy atom. The van der Waals surface area contributed by atoms with Gasteiger partial charge in [0.2, 0.25) is 35.4 Å². The highest BCUT2D eigenvalue weighted by Crippen LogP contribution is 2.35. The first-order chi connectivity index (χ1) is 53.6. The number of aliphatic hydroxyl groups excluding tert-OH is 1. The lowest BCUT2D eigenvalue weighted by molar-refractivity contribution is -0.149. The Hall–Kier alpha value is -6.05. The summed E-state index contributed by atoms with van der Waals surface area (Å²) in [5, 5.41) is 19.8. The van der Waals surface area contributed by atoms with Gasteiger partial charge in [0.15, 0.2) is 11.6 Å². The van der Waals surface area contributed by atoms with E-state index < -0.39 is 72.3 Å². The number of methoxy groups -OCH3 is 4. The summed E-state index contributed by atoms with van der Waals surface area (Å²) >= 11 is 1.51. The number of nitrogens with zero attached hydrogens (tertiary/aromatic N) is 7. The van der Waals surface area contributed by atoms with Crippen molar-refractivity contribution in [3.8, 4) is 0 Å². The highest BCUT2D eigenvalue weighted by atomic mass is 32.1. The number of nitrogens with one attached hydrogen (secondary N) is 2. The van der Waals surface area contributed by atoms with Gasteiger partial charge in [-0.3, -0.25) is 48.2 Å². The van der Waals surface area contributed by atoms with Gasteiger partial charge in [-0.15, -0.1) is 11.3 Å². The third-order valence-electron chi connectivity index (χ3n) is 24.5. The predicted molar refractivity (Wildman–Crippen MR) is 453 cm³/mol. The molecule has 3 N–H and O–H groups in total. The Balaban J connectivity index is 0.000000477. The topological polar surface area (TPSA) is 250 Å². The van der Waals surface area contributed by atoms with Gasteiger partial charge in [0.25, 0.3) is 0 Å². The van der Waals surface area contributed by atoms with E-state index in [9.17, 15) is 43.5 Å². The molecule has 0 radical (unpaired) electrons. The number of benzene rings is 2. The standard InChI is InChI=1S/C46H75N5O6S.C44H76N4O7/c1-13-15-24-49(9)41(31(5)6)38(52)28-35(30(3)4)46(55)50(10)42(32(7)14-2)39(56-11)29-40(53)51-25-19-22-37(51)43(57-12)33(8)44(54)48-36(45-47-23-26-58-45)27-34-20-17-16-18-21-34;1-14-16-24-46(10)39(29(5)6)36(49)26-34(28(3)4)44(53)47(11)40(30(7)15-2)37(54-12)27-38(50)48-25-20-23-35(48)42(55-13)31(8)43(52)45-32(9)41(51)33-21-18-17-19-22-33/h16-18,20-21,23,26,30-33,35-37,39,41-43H,13-15,19,22,24-25,27-29H2,1-12H3,(H,48,54);17-19,21-22,28-32,34-35,37,39-42,51H,14-16,20,23-27H2,1-13H3,(H,45,52)/t32-,33+,35-,36-,37-,39+,41-,42-,43+;30-,31+,32+,34-,35-,37+,39-,40-,41+,42+/m00/s1. The summed E-state index contributed by atoms with van der Waals surface area (Å²) in [6, 6.07) is 16.5. The monoisotopic (exact) mass is 1600 g/mol. The lowest BCUT2D eigenvalue weighted by Crippen LogP contribution is -2.54. The van der Waals surface area contributed by atoms with E-state index in [1.54, 1.807) is 72.4 Å². The van der Waals surface area contributed by atoms with E-state index in [2.05, 4.69) is 94.7 Å². The third kappa shape index (κ3) is 28.4. The zero-order valence-electron chi connectivity index (χ0n) is 74.0. The van der Waals surface area contributed by atoms with Crippen LogP contribution in [0.2, 0.25) is 0 Å². The molecule has 22 nitrogen and oxygen atoms in total. The van der Waals surface area contributed by atoms with Crippen LogP contribution in [0.25, 0.3) is 0 Å². The highest BCUT2D eigenvalue weighted by molar-refractivity contribution is 7.09. The number of Topliss-reactive ketones (excluding diaryl/α,β-unsaturated/α-hetero) is 2. The summed E-state index contributed by atoms with van der Waals surface area (Å²) in [6.07, 6.45) is 8.28. The van der Waals surface area contributed by atoms with Gasteiger partial charge in [-0.25, -0.2) is 4.98 Å². The molecule has 2 aliphatic heterocycles. The van der Waals surface area contributed by atoms with Crippen LogP contribution in [0.15, 0.2) is 72.2 Å². The molecule has 0 saturated carbocycles. The first kappa shape index (κ1) is 99.3. The molecule has 2 aliphatic rings. The van der Waals surface area contributed by atoms with Crippen LogP contribution in [0.4, 0.5) is 0 Å². The fourth-order valence-corrected chi connectivity index (χ4v) is 18.2. The molecule has 0 aliphatic carbocycles. The molecule has 3 aromatic rings. The Morgan fingerprint density at radius 3 is 1.28 bits per heavy atom. The van der Waals surface area contributed by atoms with Gasteiger partial charge in [-0.2, -0.15) is 0 Å². The van der Waals surface area contributed by atoms with Gasteiger partial charge in [0, 0.05) is 91.9 Å². The van der Waals surface area contributed by atoms with Crippen LogP contribution < -0.4 is 10.6 Å². The zero-order chi connectivity index (χ0) is 84.7. The van der Waals surface area contributed by atoms with E-state index in [1.165, 1.54) is 11.3 Å². The number of hydrogen-bond donors (Lipinski definition) is 3. The van der Waals surface area contributed by atoms with Crippen LogP contribution in [-0.2, 0) is 63.7 Å². The second-order valence-corrected chi connectivity index (χ2v) is 35.0. The third-order valence-corrected chi connectivity index (χ3v) is 25.4. The summed E-state index contributed by atoms with van der Waals surface area (Å²) in [6.45, 7) is 37.1. The van der Waals surface area contributed by atoms with Crippen molar-refractivity contribution in [2.75, 3.05) is 82.8 Å². The number of carbonyl (C=O) groups excluding carboxylic acids is 8. The van der Waals surface area contributed by atoms with Gasteiger partial charge in [-0.1, -0.05) is 197 Å². The molecule has 113 heavy (non-hydrogen) atoms. The number of carbonyl (C=O) groups is 8. The van der Waals surface area contributed by atoms with Crippen molar-refractivity contribution >= 4 is 58.3 Å². The maximum absolute atomic E-state index is 14.5. The maximum Gasteiger partial charge on any atom is 0.226 e. The van der Waals surface area contributed by atoms with E-state index in [4.69, 9.17) is 18.9 Å². The molecule has 2 fully saturated rings. The van der Waals surface area contributed by atoms with Crippen molar-refractivity contribution in [2.24, 2.45) is 59.2 Å². The number of likely N-dealkylation sites (tertiary alicyclic amines) is 2. The largest absolute Gasteiger partial charge is 0.386 e. The molecule has 3 heterocycles. The molecule has 23 heteroatoms. The Bertz CT molecular complexity index is 3290. The van der Waals surface area contributed by atoms with Crippen LogP contribution in [0.3, 0.4) is 0 Å². The van der Waals surface area contributed by atoms with Gasteiger partial charge in [0.05, 0.1) is 104 Å². The summed E-state index contributed by atoms with van der Waals surface area (Å²) in [5.74, 6) is -2.63. The van der Waals surface area contributed by atoms with E-state index in [-0.39, 0.29) is 138 Å². The average Bonchev–Trinajstić information content (AvgIpc) is 1.80. The number of likely N-dealkylation sites (N-methyl/N-ethyl adjacent to an activating group) is 4. The van der Waals surface area contributed by atoms with Gasteiger partial charge < -0.3 is 54.3 Å². The normalized spacial score (nSPS) is 19.2. The van der Waals surface area contributed by atoms with Gasteiger partial charge in [0.1, 0.15) is 5.01 Å². The Labute approximate surface area is 685 Å². The molecule has 2 aromatic carbocycles. The van der Waals surface area contributed by atoms with Crippen molar-refractivity contribution in [1.29, 1.82) is 0 Å². The number of ether oxygens (including phenoxy) is 4. The molecular formula is C90H151N9O13S. The van der Waals surface area contributed by atoms with Gasteiger partial charge >= 0.3 is 0 Å². The van der Waals surface area contributed by atoms with E-state index in [0.717, 1.165) is 75.0 Å². The maximum atomic E-state index is 14.5. The second-order valence-electron chi connectivity index (χ2n) is 34.0. The number of amides is 6. The van der Waals surface area contributed by atoms with Crippen LogP contribution in [0.1, 0.15) is 236 Å². The summed E-state index contributed by atoms with van der Waals surface area (Å²) in [5.41, 5.74) is 1.81. The minimum Gasteiger partial charge on any atom is -0.386 e. The molecule has 19 atom stereocenters. The molecule has 5 rings (SSSR count). The van der Waals surface area contributed by atoms with E-state index >= 15 is 0 Å². The molecule has 6 amide bonds. The number of aliphatic hydroxyl groups is 1. The van der Waals surface area contributed by atoms with E-state index in [1.807, 2.05) is 125 Å². The van der Waals surface area contributed by atoms with Crippen LogP contribution in [0.5, 0.6) is 0 Å². The minimum atomic E-state index is -0.872. The number of rotatable bonds is 49. The van der Waals surface area contributed by atoms with E-state index in [0.29, 0.717) is 37.9 Å². The molecule has 0 unspecified atom stereocenters. The number of thiazole rings is 1. The van der Waals surface area contributed by atoms with Crippen molar-refractivity contribution in [3.63, 3.8) is 0 Å². The highest BCUT2D eigenvalue weighted by Gasteiger charge is 2.47. The van der Waals surface area contributed by atoms with Crippen molar-refractivity contribution < 1.29 is 62.4 Å². The number of hydrogen-bond acceptors (Lipinski definition) is 17. The lowest BCUT2D eigenvalue weighted by atomic mass is 9.83. The average molecular weight is 1600 g/mol. The number of aromatic nitrogens is 1. The van der Waals surface area contributed by atoms with Crippen LogP contribution in [-0.4, -0.2) is 236 Å². The first-order valence-corrected chi connectivity index (χ1v) is 43.4. The summed E-state index contributed by atoms with van der Waals surface area (Å²) in [4.78, 5) is 129. The molecule has 2 saturated heterocycles. The van der Waals surface area contributed by atoms with Crippen molar-refractivity contribution in [3.05, 3.63) is 88.4 Å². The summed E-state index contributed by atoms with van der Waals surface area (Å²) < 4.78 is 24.2. The Kier molecular flexibility index (Phi) is 43.8. The van der Waals surface area contributed by atoms with Crippen LogP contribution in [0, 0.1) is 59.2 Å². The summed E-state index contributed by atoms with van der Waals surface area (Å²) in [7, 11) is 14.0. The Morgan fingerprint density at radius 2 is 0.938 bits per heavy atom. The quantitative estimate of drug-likeness (QED) is 0.0475. The first-order valence-electron chi connectivity index (χ1n) is 42.5. The molecule has 0 spiro atoms. The second kappa shape index (κ2) is 49.9. The van der Waals surface area contributed by atoms with Crippen molar-refractivity contribution in [2.45, 2.75) is 293 Å². The van der Waals surface area contributed by atoms with Crippen LogP contribution >= 0.6 is 11.3 Å². The smallest absolute Gasteiger partial charge is 0.226 e. The zero-order valence-corrected chi connectivity index (χ0v) is 74.8. The SMILES string of the molecule is CCCCN(C)[C@H](C(=O)C[C@H](C(=O)N(C)[C@@H]([C@@H](C)CC)[C@@H](CC(=O)N1CCC[C@H]1[C@H](OC)[C@@H](C)C(=O)N[C@@H](Cc1ccccc1)c1nccs1)OC)C(C)C)C(C)C.CCCCN(C)[C@H](C(=O)C[C@H](C(=O)N(C)[C@@H]([C@@H](C)CC)[C@@H](CC(=O)N1CCC[C@H]1[C@H](OC)[C@@H](C)C(=O)N[C@H](C)[C@@H](O)c1ccccc1)OC)C(C)C)C(C)C. The minimum absolute atomic E-state index is 0.0110. The number of ketones is 2. The van der Waals surface area contributed by atoms with Crippen molar-refractivity contribution in [1.82, 2.24) is 45.0 Å².